The molecule has 4 rings (SSSR count). The second-order valence-corrected chi connectivity index (χ2v) is 12.0. The number of hydrogen-bond donors (Lipinski definition) is 2. The molecule has 0 unspecified atom stereocenters. The molecule has 2 aromatic carbocycles. The number of amides is 2. The van der Waals surface area contributed by atoms with Crippen LogP contribution in [0.1, 0.15) is 12.5 Å². The number of aromatic nitrogens is 2. The maximum Gasteiger partial charge on any atom is 0.409 e. The van der Waals surface area contributed by atoms with Crippen LogP contribution in [0.3, 0.4) is 0 Å². The number of ether oxygens (including phenoxy) is 2. The number of aryl methyl sites for hydroxylation is 1. The van der Waals surface area contributed by atoms with Gasteiger partial charge in [-0.15, -0.1) is 0 Å². The van der Waals surface area contributed by atoms with E-state index in [0.29, 0.717) is 28.0 Å². The van der Waals surface area contributed by atoms with Crippen LogP contribution in [0.25, 0.3) is 10.9 Å². The van der Waals surface area contributed by atoms with Gasteiger partial charge >= 0.3 is 12.3 Å². The molecule has 1 saturated heterocycles. The highest BCUT2D eigenvalue weighted by atomic mass is 32.2. The molecular formula is C26H28F4N6O5S. The summed E-state index contributed by atoms with van der Waals surface area (Å²) in [6, 6.07) is 6.82. The number of hydrogen-bond acceptors (Lipinski definition) is 9. The van der Waals surface area contributed by atoms with E-state index >= 15 is 0 Å². The summed E-state index contributed by atoms with van der Waals surface area (Å²) in [5, 5.41) is 5.32. The molecule has 1 aliphatic rings. The molecule has 0 spiro atoms. The van der Waals surface area contributed by atoms with Crippen molar-refractivity contribution in [2.75, 3.05) is 43.6 Å². The molecule has 0 bridgehead atoms. The molecule has 2 heterocycles. The van der Waals surface area contributed by atoms with Gasteiger partial charge in [-0.3, -0.25) is 4.79 Å². The molecule has 11 nitrogen and oxygen atoms in total. The lowest BCUT2D eigenvalue weighted by Crippen LogP contribution is -2.43. The molecule has 16 heteroatoms. The van der Waals surface area contributed by atoms with Crippen LogP contribution in [0.5, 0.6) is 5.75 Å². The van der Waals surface area contributed by atoms with Crippen molar-refractivity contribution in [2.45, 2.75) is 26.1 Å². The number of nitrogens with zero attached hydrogens (tertiary/aromatic N) is 4. The summed E-state index contributed by atoms with van der Waals surface area (Å²) in [7, 11) is -1.35. The summed E-state index contributed by atoms with van der Waals surface area (Å²) in [4.78, 5) is 33.9. The fourth-order valence-electron chi connectivity index (χ4n) is 4.23. The Bertz CT molecular complexity index is 1610. The van der Waals surface area contributed by atoms with Crippen LogP contribution in [0.15, 0.2) is 41.0 Å². The highest BCUT2D eigenvalue weighted by Gasteiger charge is 2.29. The van der Waals surface area contributed by atoms with Crippen LogP contribution < -0.4 is 15.4 Å². The number of fused-ring (bicyclic) bond motifs is 1. The maximum atomic E-state index is 14.1. The van der Waals surface area contributed by atoms with Crippen molar-refractivity contribution in [3.8, 4) is 5.75 Å². The molecule has 1 atom stereocenters. The molecule has 2 amide bonds. The number of methoxy groups -OCH3 is 1. The first-order valence-electron chi connectivity index (χ1n) is 12.7. The molecule has 1 aliphatic heterocycles. The maximum absolute atomic E-state index is 14.1. The van der Waals surface area contributed by atoms with E-state index in [1.165, 1.54) is 31.3 Å². The first kappa shape index (κ1) is 30.7. The molecule has 226 valence electrons. The van der Waals surface area contributed by atoms with Crippen molar-refractivity contribution < 1.29 is 40.8 Å². The van der Waals surface area contributed by atoms with Crippen molar-refractivity contribution in [3.63, 3.8) is 0 Å². The van der Waals surface area contributed by atoms with E-state index in [1.54, 1.807) is 24.4 Å². The fraction of sp³-hybridized carbons (Fsp3) is 0.385. The van der Waals surface area contributed by atoms with Crippen LogP contribution >= 0.6 is 0 Å². The highest BCUT2D eigenvalue weighted by Crippen LogP contribution is 2.34. The van der Waals surface area contributed by atoms with Gasteiger partial charge in [-0.2, -0.15) is 17.5 Å². The lowest BCUT2D eigenvalue weighted by Gasteiger charge is -2.27. The van der Waals surface area contributed by atoms with Gasteiger partial charge in [0.25, 0.3) is 5.91 Å². The Morgan fingerprint density at radius 1 is 1.17 bits per heavy atom. The van der Waals surface area contributed by atoms with Crippen LogP contribution in [0, 0.1) is 12.7 Å². The summed E-state index contributed by atoms with van der Waals surface area (Å²) < 4.78 is 79.6. The number of anilines is 2. The number of nitrogens with one attached hydrogen (secondary N) is 2. The largest absolute Gasteiger partial charge is 0.479 e. The van der Waals surface area contributed by atoms with Crippen molar-refractivity contribution in [1.29, 1.82) is 0 Å². The first-order valence-corrected chi connectivity index (χ1v) is 14.5. The summed E-state index contributed by atoms with van der Waals surface area (Å²) in [6.07, 6.45) is -5.18. The molecule has 0 radical (unpaired) electrons. The number of carbonyl (C=O) groups is 2. The monoisotopic (exact) mass is 612 g/mol. The second kappa shape index (κ2) is 12.3. The summed E-state index contributed by atoms with van der Waals surface area (Å²) in [5.41, 5.74) is 1.77. The van der Waals surface area contributed by atoms with Crippen LogP contribution in [0.2, 0.25) is 0 Å². The Hall–Kier alpha value is -4.21. The molecule has 1 aromatic heterocycles. The quantitative estimate of drug-likeness (QED) is 0.374. The number of halogens is 4. The fourth-order valence-corrected chi connectivity index (χ4v) is 6.12. The van der Waals surface area contributed by atoms with Gasteiger partial charge in [0, 0.05) is 36.0 Å². The summed E-state index contributed by atoms with van der Waals surface area (Å²) in [6.45, 7) is 1.98. The van der Waals surface area contributed by atoms with Gasteiger partial charge in [0.15, 0.2) is 6.10 Å². The van der Waals surface area contributed by atoms with E-state index in [4.69, 9.17) is 9.47 Å². The zero-order valence-corrected chi connectivity index (χ0v) is 23.6. The molecule has 42 heavy (non-hydrogen) atoms. The highest BCUT2D eigenvalue weighted by molar-refractivity contribution is 7.93. The topological polar surface area (TPSA) is 135 Å². The number of benzene rings is 2. The van der Waals surface area contributed by atoms with E-state index in [-0.39, 0.29) is 36.0 Å². The normalized spacial score (nSPS) is 15.5. The standard InChI is InChI=1S/C26H28F4N6O5S/c1-15-10-18(35-42(39)8-6-36(7-9-42)25(38)40-3)12-20-22(15)23(33-14-32-20)34-19-5-4-17(27)11-21(19)41-16(2)24(37)31-13-26(28,29)30/h4-5,10-12,14,16H,6-9,13H2,1-3H3,(H,31,37)(H,32,33,34)/t16-/m1/s1. The predicted octanol–water partition coefficient (Wildman–Crippen LogP) is 4.45. The van der Waals surface area contributed by atoms with Gasteiger partial charge in [0.05, 0.1) is 33.7 Å². The number of rotatable bonds is 7. The van der Waals surface area contributed by atoms with Crippen molar-refractivity contribution >= 4 is 49.8 Å². The third-order valence-electron chi connectivity index (χ3n) is 6.32. The summed E-state index contributed by atoms with van der Waals surface area (Å²) in [5.74, 6) is -1.18. The Labute approximate surface area is 238 Å². The van der Waals surface area contributed by atoms with E-state index in [1.807, 2.05) is 0 Å². The van der Waals surface area contributed by atoms with Crippen molar-refractivity contribution in [3.05, 3.63) is 48.0 Å². The first-order chi connectivity index (χ1) is 19.8. The zero-order chi connectivity index (χ0) is 30.7. The molecule has 1 fully saturated rings. The van der Waals surface area contributed by atoms with Crippen LogP contribution in [-0.4, -0.2) is 81.6 Å². The predicted molar refractivity (Wildman–Crippen MR) is 147 cm³/mol. The average Bonchev–Trinajstić information content (AvgIpc) is 2.92. The minimum atomic E-state index is -4.60. The Morgan fingerprint density at radius 3 is 2.55 bits per heavy atom. The molecule has 2 N–H and O–H groups in total. The van der Waals surface area contributed by atoms with E-state index in [9.17, 15) is 31.4 Å². The number of alkyl halides is 3. The van der Waals surface area contributed by atoms with Crippen molar-refractivity contribution in [1.82, 2.24) is 20.2 Å². The SMILES string of the molecule is COC(=O)N1CCS(=O)(=Nc2cc(C)c3c(Nc4ccc(F)cc4O[C@H](C)C(=O)NCC(F)(F)F)ncnc3c2)CC1. The zero-order valence-electron chi connectivity index (χ0n) is 22.8. The van der Waals surface area contributed by atoms with Gasteiger partial charge in [0.1, 0.15) is 30.3 Å². The Morgan fingerprint density at radius 2 is 1.88 bits per heavy atom. The smallest absolute Gasteiger partial charge is 0.409 e. The van der Waals surface area contributed by atoms with Crippen LogP contribution in [0.4, 0.5) is 39.5 Å². The van der Waals surface area contributed by atoms with E-state index < -0.39 is 46.4 Å². The van der Waals surface area contributed by atoms with E-state index in [0.717, 1.165) is 12.1 Å². The average molecular weight is 613 g/mol. The lowest BCUT2D eigenvalue weighted by molar-refractivity contribution is -0.142. The molecule has 0 saturated carbocycles. The van der Waals surface area contributed by atoms with Gasteiger partial charge in [-0.05, 0) is 43.7 Å². The van der Waals surface area contributed by atoms with Gasteiger partial charge < -0.3 is 25.0 Å². The van der Waals surface area contributed by atoms with Crippen LogP contribution in [-0.2, 0) is 19.3 Å². The van der Waals surface area contributed by atoms with E-state index in [2.05, 4.69) is 19.6 Å². The number of carbonyl (C=O) groups excluding carboxylic acids is 2. The Kier molecular flexibility index (Phi) is 9.03. The molecular weight excluding hydrogens is 584 g/mol. The minimum absolute atomic E-state index is 0.129. The summed E-state index contributed by atoms with van der Waals surface area (Å²) >= 11 is 0. The molecule has 0 aliphatic carbocycles. The van der Waals surface area contributed by atoms with Gasteiger partial charge in [-0.25, -0.2) is 23.4 Å². The molecule has 3 aromatic rings. The Balaban J connectivity index is 1.59. The van der Waals surface area contributed by atoms with Gasteiger partial charge in [0.2, 0.25) is 0 Å². The lowest BCUT2D eigenvalue weighted by atomic mass is 10.1. The second-order valence-electron chi connectivity index (χ2n) is 9.47. The van der Waals surface area contributed by atoms with Crippen molar-refractivity contribution in [2.24, 2.45) is 4.36 Å². The third-order valence-corrected chi connectivity index (χ3v) is 8.50. The van der Waals surface area contributed by atoms with Gasteiger partial charge in [-0.1, -0.05) is 0 Å². The minimum Gasteiger partial charge on any atom is -0.479 e. The third kappa shape index (κ3) is 7.54.